The van der Waals surface area contributed by atoms with Crippen LogP contribution in [0, 0.1) is 0 Å². The summed E-state index contributed by atoms with van der Waals surface area (Å²) in [6, 6.07) is 5.80. The van der Waals surface area contributed by atoms with Crippen LogP contribution in [0.5, 0.6) is 0 Å². The molecule has 19 heavy (non-hydrogen) atoms. The van der Waals surface area contributed by atoms with Crippen molar-refractivity contribution in [1.82, 2.24) is 4.98 Å². The maximum atomic E-state index is 6.15. The van der Waals surface area contributed by atoms with E-state index in [2.05, 4.69) is 32.7 Å². The van der Waals surface area contributed by atoms with Crippen LogP contribution in [0.4, 0.5) is 0 Å². The Bertz CT molecular complexity index is 605. The Morgan fingerprint density at radius 3 is 2.53 bits per heavy atom. The summed E-state index contributed by atoms with van der Waals surface area (Å²) in [6.07, 6.45) is 1.96. The molecule has 0 spiro atoms. The van der Waals surface area contributed by atoms with Crippen molar-refractivity contribution < 1.29 is 4.74 Å². The second-order valence-corrected chi connectivity index (χ2v) is 6.06. The zero-order chi connectivity index (χ0) is 14.2. The monoisotopic (exact) mass is 277 g/mol. The van der Waals surface area contributed by atoms with Crippen molar-refractivity contribution in [1.29, 1.82) is 0 Å². The number of rotatable bonds is 3. The summed E-state index contributed by atoms with van der Waals surface area (Å²) in [7, 11) is 1.74. The average molecular weight is 278 g/mol. The first kappa shape index (κ1) is 14.3. The van der Waals surface area contributed by atoms with Crippen molar-refractivity contribution in [2.45, 2.75) is 39.2 Å². The molecular formula is C16H20ClNO. The number of hydrogen-bond donors (Lipinski definition) is 0. The molecule has 2 rings (SSSR count). The van der Waals surface area contributed by atoms with E-state index in [1.807, 2.05) is 24.4 Å². The maximum Gasteiger partial charge on any atom is 0.0881 e. The molecule has 2 aromatic rings. The van der Waals surface area contributed by atoms with E-state index in [1.54, 1.807) is 7.11 Å². The lowest BCUT2D eigenvalue weighted by Gasteiger charge is -2.29. The lowest BCUT2D eigenvalue weighted by Crippen LogP contribution is -2.22. The van der Waals surface area contributed by atoms with E-state index in [9.17, 15) is 0 Å². The number of pyridine rings is 1. The Balaban J connectivity index is 2.87. The van der Waals surface area contributed by atoms with Crippen LogP contribution in [0.25, 0.3) is 10.9 Å². The molecule has 0 atom stereocenters. The number of benzene rings is 1. The number of fused-ring (bicyclic) bond motifs is 1. The van der Waals surface area contributed by atoms with E-state index in [1.165, 1.54) is 11.1 Å². The second kappa shape index (κ2) is 5.10. The predicted molar refractivity (Wildman–Crippen MR) is 80.9 cm³/mol. The number of nitrogens with zero attached hydrogens (tertiary/aromatic N) is 1. The van der Waals surface area contributed by atoms with Gasteiger partial charge in [-0.3, -0.25) is 4.98 Å². The van der Waals surface area contributed by atoms with Crippen molar-refractivity contribution in [3.63, 3.8) is 0 Å². The van der Waals surface area contributed by atoms with Gasteiger partial charge in [-0.15, -0.1) is 0 Å². The van der Waals surface area contributed by atoms with Gasteiger partial charge in [-0.2, -0.15) is 0 Å². The molecular weight excluding hydrogens is 258 g/mol. The van der Waals surface area contributed by atoms with Gasteiger partial charge in [0.1, 0.15) is 0 Å². The van der Waals surface area contributed by atoms with Gasteiger partial charge in [0.15, 0.2) is 0 Å². The quantitative estimate of drug-likeness (QED) is 0.797. The summed E-state index contributed by atoms with van der Waals surface area (Å²) in [5, 5.41) is 1.80. The van der Waals surface area contributed by atoms with E-state index in [0.29, 0.717) is 5.92 Å². The van der Waals surface area contributed by atoms with Gasteiger partial charge in [0.25, 0.3) is 0 Å². The maximum absolute atomic E-state index is 6.15. The lowest BCUT2D eigenvalue weighted by atomic mass is 9.86. The number of halogens is 1. The molecule has 0 aliphatic heterocycles. The Morgan fingerprint density at radius 2 is 1.95 bits per heavy atom. The molecule has 0 saturated heterocycles. The van der Waals surface area contributed by atoms with Gasteiger partial charge in [-0.1, -0.05) is 25.4 Å². The first-order chi connectivity index (χ1) is 8.86. The summed E-state index contributed by atoms with van der Waals surface area (Å²) in [4.78, 5) is 4.54. The minimum absolute atomic E-state index is 0.370. The van der Waals surface area contributed by atoms with E-state index in [4.69, 9.17) is 16.3 Å². The minimum atomic E-state index is -0.370. The fourth-order valence-electron chi connectivity index (χ4n) is 2.39. The van der Waals surface area contributed by atoms with E-state index < -0.39 is 0 Å². The molecule has 1 aromatic heterocycles. The number of aromatic nitrogens is 1. The second-order valence-electron chi connectivity index (χ2n) is 5.62. The Labute approximate surface area is 119 Å². The molecule has 0 saturated carbocycles. The molecule has 0 aliphatic carbocycles. The first-order valence-corrected chi connectivity index (χ1v) is 6.88. The largest absolute Gasteiger partial charge is 0.374 e. The van der Waals surface area contributed by atoms with Gasteiger partial charge >= 0.3 is 0 Å². The highest BCUT2D eigenvalue weighted by molar-refractivity contribution is 6.31. The lowest BCUT2D eigenvalue weighted by molar-refractivity contribution is 0.0195. The van der Waals surface area contributed by atoms with Crippen molar-refractivity contribution in [3.05, 3.63) is 40.5 Å². The Morgan fingerprint density at radius 1 is 1.26 bits per heavy atom. The SMILES string of the molecule is COC(C)(C)c1c(C(C)C)cnc2ccc(Cl)cc12. The summed E-state index contributed by atoms with van der Waals surface area (Å²) in [5.74, 6) is 0.389. The highest BCUT2D eigenvalue weighted by Crippen LogP contribution is 2.37. The zero-order valence-electron chi connectivity index (χ0n) is 12.1. The summed E-state index contributed by atoms with van der Waals surface area (Å²) in [6.45, 7) is 8.49. The first-order valence-electron chi connectivity index (χ1n) is 6.50. The van der Waals surface area contributed by atoms with Crippen LogP contribution >= 0.6 is 11.6 Å². The fraction of sp³-hybridized carbons (Fsp3) is 0.438. The Kier molecular flexibility index (Phi) is 3.84. The third-order valence-corrected chi connectivity index (χ3v) is 3.83. The van der Waals surface area contributed by atoms with Crippen molar-refractivity contribution in [2.24, 2.45) is 0 Å². The van der Waals surface area contributed by atoms with Crippen LogP contribution in [-0.4, -0.2) is 12.1 Å². The van der Waals surface area contributed by atoms with Crippen LogP contribution in [-0.2, 0) is 10.3 Å². The summed E-state index contributed by atoms with van der Waals surface area (Å²) < 4.78 is 5.69. The van der Waals surface area contributed by atoms with Gasteiger partial charge in [0.05, 0.1) is 11.1 Å². The number of hydrogen-bond acceptors (Lipinski definition) is 2. The molecule has 102 valence electrons. The summed E-state index contributed by atoms with van der Waals surface area (Å²) >= 11 is 6.15. The third kappa shape index (κ3) is 2.60. The van der Waals surface area contributed by atoms with E-state index in [0.717, 1.165) is 15.9 Å². The molecule has 1 aromatic carbocycles. The van der Waals surface area contributed by atoms with Crippen molar-refractivity contribution in [3.8, 4) is 0 Å². The summed E-state index contributed by atoms with van der Waals surface area (Å²) in [5.41, 5.74) is 2.97. The fourth-order valence-corrected chi connectivity index (χ4v) is 2.56. The normalized spacial score (nSPS) is 12.4. The minimum Gasteiger partial charge on any atom is -0.374 e. The molecule has 0 fully saturated rings. The molecule has 0 aliphatic rings. The van der Waals surface area contributed by atoms with Crippen molar-refractivity contribution >= 4 is 22.5 Å². The van der Waals surface area contributed by atoms with Crippen LogP contribution < -0.4 is 0 Å². The number of ether oxygens (including phenoxy) is 1. The molecule has 2 nitrogen and oxygen atoms in total. The van der Waals surface area contributed by atoms with Crippen LogP contribution in [0.3, 0.4) is 0 Å². The van der Waals surface area contributed by atoms with Gasteiger partial charge in [0, 0.05) is 23.7 Å². The highest BCUT2D eigenvalue weighted by atomic mass is 35.5. The van der Waals surface area contributed by atoms with Gasteiger partial charge in [-0.25, -0.2) is 0 Å². The molecule has 0 N–H and O–H groups in total. The Hall–Kier alpha value is -1.12. The van der Waals surface area contributed by atoms with Crippen LogP contribution in [0.15, 0.2) is 24.4 Å². The van der Waals surface area contributed by atoms with Crippen LogP contribution in [0.2, 0.25) is 5.02 Å². The smallest absolute Gasteiger partial charge is 0.0881 e. The molecule has 0 bridgehead atoms. The molecule has 0 amide bonds. The predicted octanol–water partition coefficient (Wildman–Crippen LogP) is 4.89. The zero-order valence-corrected chi connectivity index (χ0v) is 12.9. The molecule has 0 radical (unpaired) electrons. The van der Waals surface area contributed by atoms with Crippen LogP contribution in [0.1, 0.15) is 44.7 Å². The number of methoxy groups -OCH3 is 1. The molecule has 0 unspecified atom stereocenters. The average Bonchev–Trinajstić information content (AvgIpc) is 2.36. The van der Waals surface area contributed by atoms with Gasteiger partial charge in [-0.05, 0) is 49.1 Å². The molecule has 1 heterocycles. The standard InChI is InChI=1S/C16H20ClNO/c1-10(2)13-9-18-14-7-6-11(17)8-12(14)15(13)16(3,4)19-5/h6-10H,1-5H3. The van der Waals surface area contributed by atoms with Gasteiger partial charge in [0.2, 0.25) is 0 Å². The topological polar surface area (TPSA) is 22.1 Å². The highest BCUT2D eigenvalue weighted by Gasteiger charge is 2.27. The van der Waals surface area contributed by atoms with Crippen molar-refractivity contribution in [2.75, 3.05) is 7.11 Å². The van der Waals surface area contributed by atoms with Gasteiger partial charge < -0.3 is 4.74 Å². The van der Waals surface area contributed by atoms with E-state index >= 15 is 0 Å². The molecule has 3 heteroatoms. The third-order valence-electron chi connectivity index (χ3n) is 3.59. The van der Waals surface area contributed by atoms with E-state index in [-0.39, 0.29) is 5.60 Å².